The van der Waals surface area contributed by atoms with Gasteiger partial charge in [0, 0.05) is 15.6 Å². The van der Waals surface area contributed by atoms with Crippen molar-refractivity contribution in [2.24, 2.45) is 0 Å². The van der Waals surface area contributed by atoms with Gasteiger partial charge in [-0.2, -0.15) is 0 Å². The van der Waals surface area contributed by atoms with Crippen molar-refractivity contribution in [2.75, 3.05) is 0 Å². The molecule has 1 aliphatic heterocycles. The first-order chi connectivity index (χ1) is 15.4. The second kappa shape index (κ2) is 9.63. The molecule has 32 heavy (non-hydrogen) atoms. The Morgan fingerprint density at radius 2 is 1.62 bits per heavy atom. The molecule has 3 aromatic carbocycles. The van der Waals surface area contributed by atoms with Crippen molar-refractivity contribution in [2.45, 2.75) is 31.5 Å². The molecular weight excluding hydrogens is 449 g/mol. The summed E-state index contributed by atoms with van der Waals surface area (Å²) in [6.07, 6.45) is 0.920. The second-order valence-corrected chi connectivity index (χ2v) is 8.46. The molecule has 1 aliphatic rings. The van der Waals surface area contributed by atoms with E-state index in [4.69, 9.17) is 27.9 Å². The van der Waals surface area contributed by atoms with Crippen molar-refractivity contribution in [1.82, 2.24) is 4.90 Å². The maximum absolute atomic E-state index is 13.4. The summed E-state index contributed by atoms with van der Waals surface area (Å²) in [6.45, 7) is 0.333. The third-order valence-corrected chi connectivity index (χ3v) is 6.19. The minimum atomic E-state index is -1.01. The smallest absolute Gasteiger partial charge is 0.326 e. The van der Waals surface area contributed by atoms with Crippen molar-refractivity contribution < 1.29 is 19.4 Å². The number of nitrogens with zero attached hydrogens (tertiary/aromatic N) is 1. The van der Waals surface area contributed by atoms with Crippen LogP contribution in [-0.2, 0) is 11.4 Å². The average molecular weight is 470 g/mol. The number of ether oxygens (including phenoxy) is 1. The lowest BCUT2D eigenvalue weighted by Gasteiger charge is -2.29. The van der Waals surface area contributed by atoms with Crippen molar-refractivity contribution in [3.05, 3.63) is 99.5 Å². The molecule has 0 aromatic heterocycles. The number of benzene rings is 3. The van der Waals surface area contributed by atoms with Crippen LogP contribution in [0, 0.1) is 0 Å². The summed E-state index contributed by atoms with van der Waals surface area (Å²) in [4.78, 5) is 26.7. The molecule has 3 aromatic rings. The molecule has 1 N–H and O–H groups in total. The molecule has 1 amide bonds. The monoisotopic (exact) mass is 469 g/mol. The molecule has 2 unspecified atom stereocenters. The summed E-state index contributed by atoms with van der Waals surface area (Å²) in [5.74, 6) is -0.649. The second-order valence-electron chi connectivity index (χ2n) is 7.62. The van der Waals surface area contributed by atoms with Gasteiger partial charge in [0.05, 0.1) is 6.04 Å². The van der Waals surface area contributed by atoms with Gasteiger partial charge >= 0.3 is 5.97 Å². The largest absolute Gasteiger partial charge is 0.489 e. The Morgan fingerprint density at radius 3 is 2.28 bits per heavy atom. The molecule has 5 nitrogen and oxygen atoms in total. The summed E-state index contributed by atoms with van der Waals surface area (Å²) in [5, 5.41) is 10.9. The molecule has 0 aliphatic carbocycles. The highest BCUT2D eigenvalue weighted by Gasteiger charge is 2.42. The van der Waals surface area contributed by atoms with E-state index < -0.39 is 12.0 Å². The van der Waals surface area contributed by atoms with Crippen LogP contribution < -0.4 is 4.74 Å². The zero-order valence-electron chi connectivity index (χ0n) is 17.1. The number of rotatable bonds is 6. The van der Waals surface area contributed by atoms with Crippen molar-refractivity contribution in [1.29, 1.82) is 0 Å². The quantitative estimate of drug-likeness (QED) is 0.480. The van der Waals surface area contributed by atoms with E-state index in [0.717, 1.165) is 11.1 Å². The van der Waals surface area contributed by atoms with Gasteiger partial charge in [0.25, 0.3) is 5.91 Å². The summed E-state index contributed by atoms with van der Waals surface area (Å²) in [5.41, 5.74) is 2.07. The third-order valence-electron chi connectivity index (χ3n) is 5.59. The van der Waals surface area contributed by atoms with Gasteiger partial charge in [-0.15, -0.1) is 0 Å². The summed E-state index contributed by atoms with van der Waals surface area (Å²) in [6, 6.07) is 20.1. The van der Waals surface area contributed by atoms with Crippen molar-refractivity contribution >= 4 is 35.1 Å². The van der Waals surface area contributed by atoms with E-state index in [9.17, 15) is 14.7 Å². The lowest BCUT2D eigenvalue weighted by Crippen LogP contribution is -2.41. The highest BCUT2D eigenvalue weighted by atomic mass is 35.5. The fourth-order valence-corrected chi connectivity index (χ4v) is 4.37. The molecule has 7 heteroatoms. The normalized spacial score (nSPS) is 17.9. The molecule has 1 fully saturated rings. The topological polar surface area (TPSA) is 66.8 Å². The van der Waals surface area contributed by atoms with E-state index >= 15 is 0 Å². The van der Waals surface area contributed by atoms with Crippen LogP contribution in [0.5, 0.6) is 5.75 Å². The Hall–Kier alpha value is -3.02. The number of carbonyl (C=O) groups excluding carboxylic acids is 1. The molecular formula is C25H21Cl2NO4. The number of hydrogen-bond acceptors (Lipinski definition) is 3. The maximum atomic E-state index is 13.4. The number of hydrogen-bond donors (Lipinski definition) is 1. The van der Waals surface area contributed by atoms with Crippen LogP contribution in [0.1, 0.15) is 40.4 Å². The Bertz CT molecular complexity index is 1120. The summed E-state index contributed by atoms with van der Waals surface area (Å²) < 4.78 is 5.74. The maximum Gasteiger partial charge on any atom is 0.326 e. The fourth-order valence-electron chi connectivity index (χ4n) is 3.98. The van der Waals surface area contributed by atoms with Crippen LogP contribution in [0.25, 0.3) is 0 Å². The van der Waals surface area contributed by atoms with Gasteiger partial charge in [-0.1, -0.05) is 53.5 Å². The van der Waals surface area contributed by atoms with Crippen LogP contribution in [0.3, 0.4) is 0 Å². The van der Waals surface area contributed by atoms with Crippen LogP contribution in [-0.4, -0.2) is 27.9 Å². The Morgan fingerprint density at radius 1 is 0.938 bits per heavy atom. The number of amides is 1. The first-order valence-electron chi connectivity index (χ1n) is 10.2. The molecule has 2 atom stereocenters. The van der Waals surface area contributed by atoms with Gasteiger partial charge in [0.15, 0.2) is 0 Å². The van der Waals surface area contributed by atoms with Gasteiger partial charge in [-0.05, 0) is 66.4 Å². The van der Waals surface area contributed by atoms with Crippen molar-refractivity contribution in [3.8, 4) is 5.75 Å². The zero-order chi connectivity index (χ0) is 22.7. The molecule has 164 valence electrons. The lowest BCUT2D eigenvalue weighted by molar-refractivity contribution is -0.141. The standard InChI is InChI=1S/C25H21Cl2NO4/c26-18-9-11-19(12-10-18)32-15-16-5-7-17(8-6-16)24(29)28-22(13-14-23(28)25(30)31)20-3-1-2-4-21(20)27/h1-12,22-23H,13-15H2,(H,30,31). The molecule has 1 heterocycles. The van der Waals surface area contributed by atoms with Crippen LogP contribution >= 0.6 is 23.2 Å². The van der Waals surface area contributed by atoms with E-state index in [2.05, 4.69) is 0 Å². The fraction of sp³-hybridized carbons (Fsp3) is 0.200. The number of likely N-dealkylation sites (tertiary alicyclic amines) is 1. The SMILES string of the molecule is O=C(O)C1CCC(c2ccccc2Cl)N1C(=O)c1ccc(COc2ccc(Cl)cc2)cc1. The van der Waals surface area contributed by atoms with Crippen LogP contribution in [0.15, 0.2) is 72.8 Å². The molecule has 0 bridgehead atoms. The minimum absolute atomic E-state index is 0.329. The van der Waals surface area contributed by atoms with Gasteiger partial charge in [-0.3, -0.25) is 4.79 Å². The number of carboxylic acid groups (broad SMARTS) is 1. The van der Waals surface area contributed by atoms with E-state index in [-0.39, 0.29) is 11.9 Å². The molecule has 0 spiro atoms. The average Bonchev–Trinajstić information content (AvgIpc) is 3.24. The van der Waals surface area contributed by atoms with Crippen LogP contribution in [0.4, 0.5) is 0 Å². The highest BCUT2D eigenvalue weighted by molar-refractivity contribution is 6.31. The van der Waals surface area contributed by atoms with Gasteiger partial charge < -0.3 is 14.7 Å². The number of aliphatic carboxylic acids is 1. The third kappa shape index (κ3) is 4.74. The first kappa shape index (κ1) is 22.2. The highest BCUT2D eigenvalue weighted by Crippen LogP contribution is 2.40. The number of carbonyl (C=O) groups is 2. The van der Waals surface area contributed by atoms with E-state index in [1.165, 1.54) is 4.90 Å². The predicted molar refractivity (Wildman–Crippen MR) is 123 cm³/mol. The predicted octanol–water partition coefficient (Wildman–Crippen LogP) is 6.00. The Balaban J connectivity index is 1.52. The van der Waals surface area contributed by atoms with Gasteiger partial charge in [-0.25, -0.2) is 4.79 Å². The minimum Gasteiger partial charge on any atom is -0.489 e. The van der Waals surface area contributed by atoms with Gasteiger partial charge in [0.2, 0.25) is 0 Å². The van der Waals surface area contributed by atoms with Crippen LogP contribution in [0.2, 0.25) is 10.0 Å². The molecule has 0 radical (unpaired) electrons. The molecule has 1 saturated heterocycles. The summed E-state index contributed by atoms with van der Waals surface area (Å²) >= 11 is 12.2. The first-order valence-corrected chi connectivity index (χ1v) is 11.0. The molecule has 4 rings (SSSR count). The summed E-state index contributed by atoms with van der Waals surface area (Å²) in [7, 11) is 0. The van der Waals surface area contributed by atoms with E-state index in [1.54, 1.807) is 54.6 Å². The van der Waals surface area contributed by atoms with E-state index in [0.29, 0.717) is 40.8 Å². The molecule has 0 saturated carbocycles. The Labute approximate surface area is 196 Å². The van der Waals surface area contributed by atoms with E-state index in [1.807, 2.05) is 18.2 Å². The zero-order valence-corrected chi connectivity index (χ0v) is 18.6. The van der Waals surface area contributed by atoms with Crippen molar-refractivity contribution in [3.63, 3.8) is 0 Å². The Kier molecular flexibility index (Phi) is 6.68. The number of halogens is 2. The number of carboxylic acids is 1. The lowest BCUT2D eigenvalue weighted by atomic mass is 10.0. The van der Waals surface area contributed by atoms with Gasteiger partial charge in [0.1, 0.15) is 18.4 Å².